The van der Waals surface area contributed by atoms with Gasteiger partial charge in [0.15, 0.2) is 5.69 Å². The lowest BCUT2D eigenvalue weighted by atomic mass is 10.0. The highest BCUT2D eigenvalue weighted by Crippen LogP contribution is 2.20. The smallest absolute Gasteiger partial charge is 0.354 e. The van der Waals surface area contributed by atoms with Gasteiger partial charge in [0.1, 0.15) is 5.82 Å². The molecule has 5 nitrogen and oxygen atoms in total. The molecule has 0 spiro atoms. The summed E-state index contributed by atoms with van der Waals surface area (Å²) >= 11 is 6.14. The Morgan fingerprint density at radius 1 is 1.33 bits per heavy atom. The van der Waals surface area contributed by atoms with E-state index in [0.717, 1.165) is 17.8 Å². The van der Waals surface area contributed by atoms with Crippen LogP contribution < -0.4 is 5.32 Å². The van der Waals surface area contributed by atoms with Crippen LogP contribution in [-0.4, -0.2) is 27.6 Å². The number of aromatic nitrogens is 2. The van der Waals surface area contributed by atoms with E-state index in [2.05, 4.69) is 15.3 Å². The minimum Gasteiger partial charge on any atom is -0.476 e. The molecular weight excluding hydrogens is 290 g/mol. The molecule has 1 aromatic carbocycles. The zero-order valence-electron chi connectivity index (χ0n) is 11.3. The Morgan fingerprint density at radius 3 is 2.90 bits per heavy atom. The van der Waals surface area contributed by atoms with Crippen molar-refractivity contribution in [2.45, 2.75) is 19.4 Å². The van der Waals surface area contributed by atoms with Crippen molar-refractivity contribution in [1.29, 1.82) is 0 Å². The van der Waals surface area contributed by atoms with E-state index in [9.17, 15) is 9.90 Å². The van der Waals surface area contributed by atoms with Crippen molar-refractivity contribution in [3.05, 3.63) is 57.6 Å². The van der Waals surface area contributed by atoms with Crippen LogP contribution in [0.4, 0.5) is 0 Å². The summed E-state index contributed by atoms with van der Waals surface area (Å²) in [5, 5.41) is 13.1. The largest absolute Gasteiger partial charge is 0.476 e. The van der Waals surface area contributed by atoms with Gasteiger partial charge in [0.25, 0.3) is 0 Å². The summed E-state index contributed by atoms with van der Waals surface area (Å²) in [7, 11) is 0. The highest BCUT2D eigenvalue weighted by Gasteiger charge is 2.21. The summed E-state index contributed by atoms with van der Waals surface area (Å²) in [5.74, 6) is -0.515. The average molecular weight is 304 g/mol. The Bertz CT molecular complexity index is 703. The highest BCUT2D eigenvalue weighted by atomic mass is 35.5. The van der Waals surface area contributed by atoms with E-state index >= 15 is 0 Å². The Balaban J connectivity index is 2.01. The second kappa shape index (κ2) is 5.79. The lowest BCUT2D eigenvalue weighted by Gasteiger charge is -2.18. The van der Waals surface area contributed by atoms with E-state index in [0.29, 0.717) is 35.8 Å². The second-order valence-electron chi connectivity index (χ2n) is 4.91. The highest BCUT2D eigenvalue weighted by molar-refractivity contribution is 6.31. The van der Waals surface area contributed by atoms with Gasteiger partial charge in [-0.2, -0.15) is 0 Å². The molecule has 2 heterocycles. The van der Waals surface area contributed by atoms with Crippen LogP contribution in [0.25, 0.3) is 0 Å². The normalized spacial score (nSPS) is 13.8. The number of benzene rings is 1. The van der Waals surface area contributed by atoms with Crippen molar-refractivity contribution in [2.24, 2.45) is 0 Å². The number of nitrogens with one attached hydrogen (secondary N) is 1. The lowest BCUT2D eigenvalue weighted by molar-refractivity contribution is 0.0688. The molecule has 0 radical (unpaired) electrons. The second-order valence-corrected chi connectivity index (χ2v) is 5.32. The van der Waals surface area contributed by atoms with E-state index in [-0.39, 0.29) is 5.69 Å². The van der Waals surface area contributed by atoms with Gasteiger partial charge in [-0.15, -0.1) is 0 Å². The van der Waals surface area contributed by atoms with Crippen LogP contribution in [0.3, 0.4) is 0 Å². The molecule has 0 bridgehead atoms. The zero-order valence-corrected chi connectivity index (χ0v) is 12.0. The molecule has 3 rings (SSSR count). The first kappa shape index (κ1) is 14.0. The molecule has 6 heteroatoms. The van der Waals surface area contributed by atoms with Crippen LogP contribution in [0.2, 0.25) is 5.02 Å². The van der Waals surface area contributed by atoms with Crippen LogP contribution in [-0.2, 0) is 19.4 Å². The quantitative estimate of drug-likeness (QED) is 0.908. The van der Waals surface area contributed by atoms with E-state index in [1.54, 1.807) is 6.07 Å². The summed E-state index contributed by atoms with van der Waals surface area (Å²) < 4.78 is 0. The number of carboxylic acids is 1. The van der Waals surface area contributed by atoms with Crippen molar-refractivity contribution in [1.82, 2.24) is 15.3 Å². The molecule has 0 saturated carbocycles. The van der Waals surface area contributed by atoms with Crippen molar-refractivity contribution >= 4 is 17.6 Å². The molecule has 1 aliphatic heterocycles. The van der Waals surface area contributed by atoms with Gasteiger partial charge >= 0.3 is 5.97 Å². The topological polar surface area (TPSA) is 75.1 Å². The van der Waals surface area contributed by atoms with Crippen LogP contribution in [0.5, 0.6) is 0 Å². The predicted octanol–water partition coefficient (Wildman–Crippen LogP) is 2.06. The Morgan fingerprint density at radius 2 is 2.14 bits per heavy atom. The molecule has 2 N–H and O–H groups in total. The maximum Gasteiger partial charge on any atom is 0.354 e. The molecule has 0 saturated heterocycles. The summed E-state index contributed by atoms with van der Waals surface area (Å²) in [6, 6.07) is 7.44. The standard InChI is InChI=1S/C15H14ClN3O2/c16-11-4-2-1-3-9(11)7-13-18-12-5-6-17-8-10(12)14(19-13)15(20)21/h1-4,17H,5-8H2,(H,20,21). The minimum absolute atomic E-state index is 0.0919. The number of carbonyl (C=O) groups is 1. The molecule has 1 aliphatic rings. The molecule has 21 heavy (non-hydrogen) atoms. The van der Waals surface area contributed by atoms with Crippen LogP contribution in [0.1, 0.15) is 33.1 Å². The summed E-state index contributed by atoms with van der Waals surface area (Å²) in [6.45, 7) is 1.30. The lowest BCUT2D eigenvalue weighted by Crippen LogP contribution is -2.28. The third-order valence-electron chi connectivity index (χ3n) is 3.49. The molecule has 0 fully saturated rings. The summed E-state index contributed by atoms with van der Waals surface area (Å²) in [4.78, 5) is 20.1. The third-order valence-corrected chi connectivity index (χ3v) is 3.86. The van der Waals surface area contributed by atoms with Crippen molar-refractivity contribution < 1.29 is 9.90 Å². The number of fused-ring (bicyclic) bond motifs is 1. The zero-order chi connectivity index (χ0) is 14.8. The maximum atomic E-state index is 11.4. The van der Waals surface area contributed by atoms with Gasteiger partial charge in [-0.3, -0.25) is 0 Å². The van der Waals surface area contributed by atoms with E-state index in [4.69, 9.17) is 11.6 Å². The van der Waals surface area contributed by atoms with E-state index in [1.165, 1.54) is 0 Å². The summed E-state index contributed by atoms with van der Waals surface area (Å²) in [5.41, 5.74) is 2.50. The Kier molecular flexibility index (Phi) is 3.86. The average Bonchev–Trinajstić information content (AvgIpc) is 2.48. The van der Waals surface area contributed by atoms with E-state index < -0.39 is 5.97 Å². The third kappa shape index (κ3) is 2.89. The van der Waals surface area contributed by atoms with Crippen molar-refractivity contribution in [2.75, 3.05) is 6.54 Å². The first-order valence-electron chi connectivity index (χ1n) is 6.71. The van der Waals surface area contributed by atoms with Gasteiger partial charge in [0.2, 0.25) is 0 Å². The van der Waals surface area contributed by atoms with Gasteiger partial charge in [-0.1, -0.05) is 29.8 Å². The van der Waals surface area contributed by atoms with Gasteiger partial charge < -0.3 is 10.4 Å². The first-order valence-corrected chi connectivity index (χ1v) is 7.09. The number of hydrogen-bond acceptors (Lipinski definition) is 4. The molecule has 0 amide bonds. The Hall–Kier alpha value is -1.98. The van der Waals surface area contributed by atoms with Gasteiger partial charge in [0, 0.05) is 36.5 Å². The number of rotatable bonds is 3. The summed E-state index contributed by atoms with van der Waals surface area (Å²) in [6.07, 6.45) is 1.15. The van der Waals surface area contributed by atoms with Crippen LogP contribution in [0.15, 0.2) is 24.3 Å². The van der Waals surface area contributed by atoms with Crippen LogP contribution >= 0.6 is 11.6 Å². The number of nitrogens with zero attached hydrogens (tertiary/aromatic N) is 2. The molecule has 0 aliphatic carbocycles. The minimum atomic E-state index is -1.02. The molecular formula is C15H14ClN3O2. The number of aromatic carboxylic acids is 1. The maximum absolute atomic E-state index is 11.4. The molecule has 2 aromatic rings. The number of carboxylic acid groups (broad SMARTS) is 1. The fraction of sp³-hybridized carbons (Fsp3) is 0.267. The van der Waals surface area contributed by atoms with Gasteiger partial charge in [0.05, 0.1) is 5.69 Å². The van der Waals surface area contributed by atoms with Gasteiger partial charge in [-0.25, -0.2) is 14.8 Å². The number of hydrogen-bond donors (Lipinski definition) is 2. The SMILES string of the molecule is O=C(O)c1nc(Cc2ccccc2Cl)nc2c1CNCC2. The van der Waals surface area contributed by atoms with Crippen molar-refractivity contribution in [3.8, 4) is 0 Å². The first-order chi connectivity index (χ1) is 10.1. The fourth-order valence-electron chi connectivity index (χ4n) is 2.46. The monoisotopic (exact) mass is 303 g/mol. The van der Waals surface area contributed by atoms with Gasteiger partial charge in [-0.05, 0) is 11.6 Å². The molecule has 1 aromatic heterocycles. The van der Waals surface area contributed by atoms with E-state index in [1.807, 2.05) is 18.2 Å². The molecule has 0 unspecified atom stereocenters. The van der Waals surface area contributed by atoms with Crippen LogP contribution in [0, 0.1) is 0 Å². The number of halogens is 1. The Labute approximate surface area is 127 Å². The predicted molar refractivity (Wildman–Crippen MR) is 78.7 cm³/mol. The van der Waals surface area contributed by atoms with Crippen molar-refractivity contribution in [3.63, 3.8) is 0 Å². The fourth-order valence-corrected chi connectivity index (χ4v) is 2.66. The molecule has 0 atom stereocenters. The molecule has 108 valence electrons.